The van der Waals surface area contributed by atoms with Crippen LogP contribution in [0.2, 0.25) is 0 Å². The Balaban J connectivity index is 1.95. The zero-order chi connectivity index (χ0) is 27.5. The summed E-state index contributed by atoms with van der Waals surface area (Å²) in [5.41, 5.74) is 0.402. The molecule has 0 radical (unpaired) electrons. The average Bonchev–Trinajstić information content (AvgIpc) is 2.86. The van der Waals surface area contributed by atoms with E-state index in [4.69, 9.17) is 14.2 Å². The van der Waals surface area contributed by atoms with Crippen molar-refractivity contribution in [3.63, 3.8) is 0 Å². The predicted octanol–water partition coefficient (Wildman–Crippen LogP) is 1.81. The van der Waals surface area contributed by atoms with Crippen LogP contribution in [-0.2, 0) is 19.1 Å². The Kier molecular flexibility index (Phi) is 12.5. The third-order valence-electron chi connectivity index (χ3n) is 6.55. The molecule has 1 aromatic rings. The van der Waals surface area contributed by atoms with Crippen LogP contribution >= 0.6 is 0 Å². The molecule has 4 N–H and O–H groups in total. The van der Waals surface area contributed by atoms with Crippen LogP contribution < -0.4 is 15.4 Å². The molecule has 10 nitrogen and oxygen atoms in total. The van der Waals surface area contributed by atoms with Crippen LogP contribution in [0.15, 0.2) is 24.3 Å². The highest BCUT2D eigenvalue weighted by Gasteiger charge is 2.45. The second-order valence-corrected chi connectivity index (χ2v) is 9.89. The Labute approximate surface area is 219 Å². The minimum Gasteiger partial charge on any atom is -0.497 e. The van der Waals surface area contributed by atoms with E-state index < -0.39 is 36.6 Å². The number of hydrogen-bond acceptors (Lipinski definition) is 8. The van der Waals surface area contributed by atoms with Crippen molar-refractivity contribution in [1.82, 2.24) is 10.6 Å². The lowest BCUT2D eigenvalue weighted by Gasteiger charge is -2.42. The summed E-state index contributed by atoms with van der Waals surface area (Å²) in [7, 11) is 1.53. The summed E-state index contributed by atoms with van der Waals surface area (Å²) in [5.74, 6) is 0.658. The number of hydrogen-bond donors (Lipinski definition) is 4. The van der Waals surface area contributed by atoms with Crippen LogP contribution in [0.5, 0.6) is 5.75 Å². The SMILES string of the molecule is CCC(=O)CC(C)CC(C)CCO[C@@H]1OC(CNC(=O)c2ccc(OC)cc2)[C@@H](O)C(O)C1NC(C)=O. The Morgan fingerprint density at radius 2 is 1.76 bits per heavy atom. The standard InChI is InChI=1S/C27H42N2O8/c1-6-20(31)14-17(3)13-16(2)11-12-36-27-23(29-18(4)30)25(33)24(32)22(37-27)15-28-26(34)19-7-9-21(35-5)10-8-19/h7-10,16-17,22-25,27,32-33H,6,11-15H2,1-5H3,(H,28,34)(H,29,30)/t16?,17?,22?,23?,24-,25?,27-/m1/s1. The molecule has 1 fully saturated rings. The lowest BCUT2D eigenvalue weighted by atomic mass is 9.91. The van der Waals surface area contributed by atoms with Crippen molar-refractivity contribution in [2.24, 2.45) is 11.8 Å². The minimum atomic E-state index is -1.36. The molecule has 1 heterocycles. The van der Waals surface area contributed by atoms with Gasteiger partial charge in [-0.3, -0.25) is 14.4 Å². The molecule has 0 aromatic heterocycles. The minimum absolute atomic E-state index is 0.0743. The van der Waals surface area contributed by atoms with Gasteiger partial charge in [-0.15, -0.1) is 0 Å². The lowest BCUT2D eigenvalue weighted by Crippen LogP contribution is -2.65. The van der Waals surface area contributed by atoms with Gasteiger partial charge in [-0.1, -0.05) is 20.8 Å². The first-order valence-electron chi connectivity index (χ1n) is 12.9. The molecule has 5 unspecified atom stereocenters. The van der Waals surface area contributed by atoms with Gasteiger partial charge in [0.05, 0.1) is 13.7 Å². The van der Waals surface area contributed by atoms with E-state index in [1.807, 2.05) is 6.92 Å². The quantitative estimate of drug-likeness (QED) is 0.290. The first-order valence-corrected chi connectivity index (χ1v) is 12.9. The Bertz CT molecular complexity index is 878. The third kappa shape index (κ3) is 9.70. The molecule has 1 aromatic carbocycles. The molecule has 2 rings (SSSR count). The molecule has 1 saturated heterocycles. The smallest absolute Gasteiger partial charge is 0.251 e. The summed E-state index contributed by atoms with van der Waals surface area (Å²) < 4.78 is 16.9. The molecule has 0 aliphatic carbocycles. The molecule has 2 amide bonds. The molecule has 37 heavy (non-hydrogen) atoms. The monoisotopic (exact) mass is 522 g/mol. The Morgan fingerprint density at radius 3 is 2.35 bits per heavy atom. The van der Waals surface area contributed by atoms with Crippen molar-refractivity contribution in [2.45, 2.75) is 84.0 Å². The fraction of sp³-hybridized carbons (Fsp3) is 0.667. The highest BCUT2D eigenvalue weighted by molar-refractivity contribution is 5.94. The molecule has 1 aliphatic rings. The van der Waals surface area contributed by atoms with E-state index in [1.165, 1.54) is 14.0 Å². The molecular weight excluding hydrogens is 480 g/mol. The number of ether oxygens (including phenoxy) is 3. The van der Waals surface area contributed by atoms with Gasteiger partial charge in [-0.2, -0.15) is 0 Å². The zero-order valence-electron chi connectivity index (χ0n) is 22.4. The maximum absolute atomic E-state index is 12.5. The maximum atomic E-state index is 12.5. The van der Waals surface area contributed by atoms with E-state index in [0.29, 0.717) is 37.2 Å². The molecule has 208 valence electrons. The predicted molar refractivity (Wildman–Crippen MR) is 137 cm³/mol. The topological polar surface area (TPSA) is 143 Å². The summed E-state index contributed by atoms with van der Waals surface area (Å²) in [6.45, 7) is 7.53. The number of aliphatic hydroxyl groups excluding tert-OH is 2. The number of amides is 2. The molecule has 7 atom stereocenters. The van der Waals surface area contributed by atoms with E-state index in [-0.39, 0.29) is 30.1 Å². The molecule has 10 heteroatoms. The number of rotatable bonds is 14. The van der Waals surface area contributed by atoms with E-state index in [9.17, 15) is 24.6 Å². The van der Waals surface area contributed by atoms with Crippen molar-refractivity contribution in [3.05, 3.63) is 29.8 Å². The number of benzene rings is 1. The summed E-state index contributed by atoms with van der Waals surface area (Å²) in [4.78, 5) is 35.9. The average molecular weight is 523 g/mol. The number of nitrogens with one attached hydrogen (secondary N) is 2. The van der Waals surface area contributed by atoms with Crippen molar-refractivity contribution >= 4 is 17.6 Å². The van der Waals surface area contributed by atoms with Gasteiger partial charge in [0.2, 0.25) is 5.91 Å². The summed E-state index contributed by atoms with van der Waals surface area (Å²) >= 11 is 0. The van der Waals surface area contributed by atoms with Gasteiger partial charge in [0.1, 0.15) is 35.9 Å². The molecule has 1 aliphatic heterocycles. The van der Waals surface area contributed by atoms with Crippen molar-refractivity contribution in [1.29, 1.82) is 0 Å². The van der Waals surface area contributed by atoms with Crippen molar-refractivity contribution in [3.8, 4) is 5.75 Å². The summed E-state index contributed by atoms with van der Waals surface area (Å²) in [6, 6.07) is 5.57. The number of methoxy groups -OCH3 is 1. The highest BCUT2D eigenvalue weighted by atomic mass is 16.7. The number of aliphatic hydroxyl groups is 2. The second-order valence-electron chi connectivity index (χ2n) is 9.89. The van der Waals surface area contributed by atoms with Crippen LogP contribution in [0.3, 0.4) is 0 Å². The van der Waals surface area contributed by atoms with Crippen molar-refractivity contribution < 1.29 is 38.8 Å². The van der Waals surface area contributed by atoms with Gasteiger partial charge >= 0.3 is 0 Å². The van der Waals surface area contributed by atoms with Gasteiger partial charge in [0.15, 0.2) is 6.29 Å². The van der Waals surface area contributed by atoms with E-state index >= 15 is 0 Å². The van der Waals surface area contributed by atoms with Crippen LogP contribution in [0.4, 0.5) is 0 Å². The fourth-order valence-corrected chi connectivity index (χ4v) is 4.47. The van der Waals surface area contributed by atoms with E-state index in [0.717, 1.165) is 6.42 Å². The van der Waals surface area contributed by atoms with Crippen LogP contribution in [-0.4, -0.2) is 78.7 Å². The number of carbonyl (C=O) groups is 3. The zero-order valence-corrected chi connectivity index (χ0v) is 22.4. The second kappa shape index (κ2) is 15.0. The number of carbonyl (C=O) groups excluding carboxylic acids is 3. The largest absolute Gasteiger partial charge is 0.497 e. The first kappa shape index (κ1) is 30.7. The first-order chi connectivity index (χ1) is 17.5. The van der Waals surface area contributed by atoms with Gasteiger partial charge in [0, 0.05) is 31.9 Å². The van der Waals surface area contributed by atoms with Gasteiger partial charge in [-0.25, -0.2) is 0 Å². The van der Waals surface area contributed by atoms with Gasteiger partial charge < -0.3 is 35.1 Å². The van der Waals surface area contributed by atoms with Gasteiger partial charge in [0.25, 0.3) is 5.91 Å². The van der Waals surface area contributed by atoms with Crippen LogP contribution in [0.1, 0.15) is 63.7 Å². The van der Waals surface area contributed by atoms with E-state index in [2.05, 4.69) is 24.5 Å². The normalized spacial score (nSPS) is 25.1. The maximum Gasteiger partial charge on any atom is 0.251 e. The molecule has 0 bridgehead atoms. The molecule has 0 spiro atoms. The molecular formula is C27H42N2O8. The third-order valence-corrected chi connectivity index (χ3v) is 6.55. The Hall–Kier alpha value is -2.53. The Morgan fingerprint density at radius 1 is 1.08 bits per heavy atom. The van der Waals surface area contributed by atoms with E-state index in [1.54, 1.807) is 24.3 Å². The number of ketones is 1. The molecule has 0 saturated carbocycles. The lowest BCUT2D eigenvalue weighted by molar-refractivity contribution is -0.263. The van der Waals surface area contributed by atoms with Crippen LogP contribution in [0.25, 0.3) is 0 Å². The fourth-order valence-electron chi connectivity index (χ4n) is 4.47. The summed E-state index contributed by atoms with van der Waals surface area (Å²) in [5, 5.41) is 26.6. The highest BCUT2D eigenvalue weighted by Crippen LogP contribution is 2.24. The van der Waals surface area contributed by atoms with Gasteiger partial charge in [-0.05, 0) is 48.9 Å². The number of Topliss-reactive ketones (excluding diaryl/α,β-unsaturated/α-hetero) is 1. The van der Waals surface area contributed by atoms with Crippen molar-refractivity contribution in [2.75, 3.05) is 20.3 Å². The van der Waals surface area contributed by atoms with Crippen LogP contribution in [0, 0.1) is 11.8 Å². The summed E-state index contributed by atoms with van der Waals surface area (Å²) in [6.07, 6.45) is -2.02.